The second-order valence-electron chi connectivity index (χ2n) is 13.0. The van der Waals surface area contributed by atoms with Crippen molar-refractivity contribution in [3.63, 3.8) is 0 Å². The van der Waals surface area contributed by atoms with E-state index in [1.54, 1.807) is 32.4 Å². The summed E-state index contributed by atoms with van der Waals surface area (Å²) in [7, 11) is 4.95. The Morgan fingerprint density at radius 3 is 2.39 bits per heavy atom. The van der Waals surface area contributed by atoms with E-state index in [1.165, 1.54) is 11.3 Å². The first-order valence-corrected chi connectivity index (χ1v) is 17.4. The number of likely N-dealkylation sites (N-methyl/N-ethyl adjacent to an activating group) is 1. The molecule has 256 valence electrons. The van der Waals surface area contributed by atoms with Crippen molar-refractivity contribution in [1.82, 2.24) is 20.1 Å². The maximum atomic E-state index is 14.0. The van der Waals surface area contributed by atoms with Crippen LogP contribution in [0.4, 0.5) is 0 Å². The van der Waals surface area contributed by atoms with Gasteiger partial charge in [0.2, 0.25) is 17.7 Å². The van der Waals surface area contributed by atoms with Crippen molar-refractivity contribution in [1.29, 1.82) is 0 Å². The molecular weight excluding hydrogens is 602 g/mol. The van der Waals surface area contributed by atoms with Crippen LogP contribution in [-0.2, 0) is 30.3 Å². The summed E-state index contributed by atoms with van der Waals surface area (Å²) in [4.78, 5) is 49.0. The number of ether oxygens (including phenoxy) is 2. The van der Waals surface area contributed by atoms with E-state index in [4.69, 9.17) is 15.2 Å². The molecule has 11 heteroatoms. The maximum Gasteiger partial charge on any atom is 0.239 e. The molecule has 1 aromatic carbocycles. The molecule has 3 amide bonds. The monoisotopic (exact) mass is 657 g/mol. The summed E-state index contributed by atoms with van der Waals surface area (Å²) in [6, 6.07) is 8.53. The average Bonchev–Trinajstić information content (AvgIpc) is 3.77. The molecule has 0 radical (unpaired) electrons. The molecule has 1 unspecified atom stereocenters. The van der Waals surface area contributed by atoms with E-state index in [2.05, 4.69) is 24.1 Å². The van der Waals surface area contributed by atoms with Crippen LogP contribution in [0.3, 0.4) is 0 Å². The fourth-order valence-corrected chi connectivity index (χ4v) is 7.28. The van der Waals surface area contributed by atoms with E-state index < -0.39 is 24.2 Å². The van der Waals surface area contributed by atoms with Crippen LogP contribution in [0.25, 0.3) is 0 Å². The van der Waals surface area contributed by atoms with Crippen LogP contribution in [0.1, 0.15) is 76.9 Å². The summed E-state index contributed by atoms with van der Waals surface area (Å²) in [6.45, 7) is 10.4. The van der Waals surface area contributed by atoms with Gasteiger partial charge < -0.3 is 30.3 Å². The van der Waals surface area contributed by atoms with Crippen molar-refractivity contribution >= 4 is 29.1 Å². The molecule has 2 aromatic rings. The van der Waals surface area contributed by atoms with Crippen molar-refractivity contribution in [3.8, 4) is 0 Å². The number of amides is 3. The molecule has 3 rings (SSSR count). The first-order valence-electron chi connectivity index (χ1n) is 16.6. The molecule has 46 heavy (non-hydrogen) atoms. The Morgan fingerprint density at radius 1 is 1.13 bits per heavy atom. The molecule has 0 spiro atoms. The zero-order chi connectivity index (χ0) is 34.0. The molecule has 1 saturated heterocycles. The third kappa shape index (κ3) is 9.36. The van der Waals surface area contributed by atoms with E-state index in [0.29, 0.717) is 13.0 Å². The van der Waals surface area contributed by atoms with Crippen LogP contribution >= 0.6 is 11.3 Å². The Labute approximate surface area is 279 Å². The van der Waals surface area contributed by atoms with Gasteiger partial charge in [-0.05, 0) is 36.7 Å². The van der Waals surface area contributed by atoms with Crippen molar-refractivity contribution in [3.05, 3.63) is 52.5 Å². The fraction of sp³-hybridized carbons (Fsp3) is 0.657. The van der Waals surface area contributed by atoms with Crippen molar-refractivity contribution in [2.75, 3.05) is 27.8 Å². The predicted molar refractivity (Wildman–Crippen MR) is 182 cm³/mol. The minimum absolute atomic E-state index is 0.0131. The molecule has 8 atom stereocenters. The molecule has 0 aliphatic carbocycles. The minimum atomic E-state index is -0.634. The van der Waals surface area contributed by atoms with Gasteiger partial charge >= 0.3 is 0 Å². The summed E-state index contributed by atoms with van der Waals surface area (Å²) >= 11 is 1.51. The molecule has 1 fully saturated rings. The van der Waals surface area contributed by atoms with Gasteiger partial charge in [0.15, 0.2) is 0 Å². The highest BCUT2D eigenvalue weighted by Crippen LogP contribution is 2.30. The number of methoxy groups -OCH3 is 2. The lowest BCUT2D eigenvalue weighted by atomic mass is 9.89. The third-order valence-corrected chi connectivity index (χ3v) is 10.5. The number of nitrogens with one attached hydrogen (secondary N) is 1. The van der Waals surface area contributed by atoms with E-state index in [-0.39, 0.29) is 54.1 Å². The van der Waals surface area contributed by atoms with Gasteiger partial charge in [-0.2, -0.15) is 0 Å². The van der Waals surface area contributed by atoms with Gasteiger partial charge in [0.1, 0.15) is 5.01 Å². The lowest BCUT2D eigenvalue weighted by molar-refractivity contribution is -0.146. The van der Waals surface area contributed by atoms with E-state index in [9.17, 15) is 14.4 Å². The molecule has 1 aliphatic heterocycles. The van der Waals surface area contributed by atoms with Crippen molar-refractivity contribution in [2.24, 2.45) is 23.5 Å². The van der Waals surface area contributed by atoms with E-state index >= 15 is 0 Å². The maximum absolute atomic E-state index is 14.0. The first-order chi connectivity index (χ1) is 21.9. The molecule has 1 aliphatic rings. The molecule has 0 bridgehead atoms. The van der Waals surface area contributed by atoms with Gasteiger partial charge in [-0.25, -0.2) is 4.98 Å². The Bertz CT molecular complexity index is 1230. The molecule has 0 saturated carbocycles. The standard InChI is InChI=1S/C35H55N5O5S/c1-9-23(4)31(39(6)35(43)30(36)22(2)3)28(44-7)21-29(41)40-18-13-16-27(40)32(45-8)24(5)33(42)38-26(34-37-17-19-46-34)20-25-14-11-10-12-15-25/h10-12,14-15,17,19,22-24,26-28,30-32H,9,13,16,18,20-21,36H2,1-8H3,(H,38,42)/t23-,24+,26-,27-,28+,30-,31?,32+/m0/s1. The third-order valence-electron chi connectivity index (χ3n) is 9.61. The Morgan fingerprint density at radius 2 is 1.83 bits per heavy atom. The van der Waals surface area contributed by atoms with Crippen LogP contribution in [0.2, 0.25) is 0 Å². The smallest absolute Gasteiger partial charge is 0.239 e. The van der Waals surface area contributed by atoms with Crippen LogP contribution in [-0.4, -0.2) is 90.7 Å². The number of carbonyl (C=O) groups excluding carboxylic acids is 3. The van der Waals surface area contributed by atoms with Crippen LogP contribution in [0.5, 0.6) is 0 Å². The molecule has 2 heterocycles. The Kier molecular flexibility index (Phi) is 14.6. The normalized spacial score (nSPS) is 19.6. The van der Waals surface area contributed by atoms with Gasteiger partial charge in [0, 0.05) is 39.4 Å². The average molecular weight is 658 g/mol. The number of thiazole rings is 1. The number of hydrogen-bond donors (Lipinski definition) is 2. The number of nitrogens with two attached hydrogens (primary N) is 1. The number of benzene rings is 1. The van der Waals surface area contributed by atoms with Gasteiger partial charge in [-0.15, -0.1) is 11.3 Å². The zero-order valence-electron chi connectivity index (χ0n) is 28.8. The number of hydrogen-bond acceptors (Lipinski definition) is 8. The fourth-order valence-electron chi connectivity index (χ4n) is 6.59. The number of likely N-dealkylation sites (tertiary alicyclic amines) is 1. The summed E-state index contributed by atoms with van der Waals surface area (Å²) in [6.07, 6.45) is 3.81. The lowest BCUT2D eigenvalue weighted by Crippen LogP contribution is -2.56. The molecule has 3 N–H and O–H groups in total. The highest BCUT2D eigenvalue weighted by Gasteiger charge is 2.42. The lowest BCUT2D eigenvalue weighted by Gasteiger charge is -2.40. The second kappa shape index (κ2) is 17.9. The molecule has 10 nitrogen and oxygen atoms in total. The molecular formula is C35H55N5O5S. The van der Waals surface area contributed by atoms with Gasteiger partial charge in [-0.3, -0.25) is 14.4 Å². The summed E-state index contributed by atoms with van der Waals surface area (Å²) in [5.74, 6) is -0.824. The number of aromatic nitrogens is 1. The number of rotatable bonds is 17. The highest BCUT2D eigenvalue weighted by molar-refractivity contribution is 7.09. The van der Waals surface area contributed by atoms with E-state index in [0.717, 1.165) is 29.8 Å². The minimum Gasteiger partial charge on any atom is -0.379 e. The van der Waals surface area contributed by atoms with E-state index in [1.807, 2.05) is 61.4 Å². The van der Waals surface area contributed by atoms with Crippen LogP contribution in [0, 0.1) is 17.8 Å². The van der Waals surface area contributed by atoms with Gasteiger partial charge in [-0.1, -0.05) is 71.4 Å². The quantitative estimate of drug-likeness (QED) is 0.258. The zero-order valence-corrected chi connectivity index (χ0v) is 29.7. The van der Waals surface area contributed by atoms with Gasteiger partial charge in [0.25, 0.3) is 0 Å². The van der Waals surface area contributed by atoms with Crippen LogP contribution in [0.15, 0.2) is 41.9 Å². The molecule has 1 aromatic heterocycles. The van der Waals surface area contributed by atoms with Crippen molar-refractivity contribution in [2.45, 2.75) is 103 Å². The predicted octanol–water partition coefficient (Wildman–Crippen LogP) is 4.45. The largest absolute Gasteiger partial charge is 0.379 e. The summed E-state index contributed by atoms with van der Waals surface area (Å²) in [5, 5.41) is 5.98. The topological polar surface area (TPSA) is 127 Å². The second-order valence-corrected chi connectivity index (χ2v) is 13.9. The Balaban J connectivity index is 1.75. The first kappa shape index (κ1) is 37.6. The van der Waals surface area contributed by atoms with Crippen LogP contribution < -0.4 is 11.1 Å². The SMILES string of the molecule is CC[C@H](C)C([C@@H](CC(=O)N1CCC[C@H]1[C@H](OC)[C@@H](C)C(=O)N[C@@H](Cc1ccccc1)c1nccs1)OC)N(C)C(=O)[C@@H](N)C(C)C. The summed E-state index contributed by atoms with van der Waals surface area (Å²) in [5.41, 5.74) is 7.35. The Hall–Kier alpha value is -2.86. The highest BCUT2D eigenvalue weighted by atomic mass is 32.1. The van der Waals surface area contributed by atoms with Crippen molar-refractivity contribution < 1.29 is 23.9 Å². The van der Waals surface area contributed by atoms with Gasteiger partial charge in [0.05, 0.1) is 48.7 Å². The number of nitrogens with zero attached hydrogens (tertiary/aromatic N) is 3. The summed E-state index contributed by atoms with van der Waals surface area (Å²) < 4.78 is 11.9. The number of carbonyl (C=O) groups is 3.